The van der Waals surface area contributed by atoms with E-state index in [1.54, 1.807) is 32.4 Å². The van der Waals surface area contributed by atoms with Gasteiger partial charge in [-0.2, -0.15) is 0 Å². The second-order valence-electron chi connectivity index (χ2n) is 4.88. The fraction of sp³-hybridized carbons (Fsp3) is 0.100. The number of benzene rings is 3. The summed E-state index contributed by atoms with van der Waals surface area (Å²) in [6, 6.07) is 18.6. The predicted molar refractivity (Wildman–Crippen MR) is 94.3 cm³/mol. The number of carbonyl (C=O) groups excluding carboxylic acids is 2. The van der Waals surface area contributed by atoms with Crippen LogP contribution < -0.4 is 9.47 Å². The van der Waals surface area contributed by atoms with Crippen molar-refractivity contribution in [1.29, 1.82) is 0 Å². The van der Waals surface area contributed by atoms with Gasteiger partial charge in [0, 0.05) is 0 Å². The van der Waals surface area contributed by atoms with Gasteiger partial charge in [0.25, 0.3) is 0 Å². The molecule has 122 valence electrons. The standard InChI is InChI=1S/C12H10O2.C8H8O2/c1-14-12-7-6-9-4-2-3-5-10(9)11(12)8-13;1-10-8-5-3-2-4-7(8)6-9/h2-8H,1H3;2-6H,1H3. The summed E-state index contributed by atoms with van der Waals surface area (Å²) in [6.07, 6.45) is 1.61. The van der Waals surface area contributed by atoms with Crippen LogP contribution in [-0.2, 0) is 0 Å². The van der Waals surface area contributed by atoms with Crippen molar-refractivity contribution >= 4 is 23.3 Å². The number of rotatable bonds is 4. The molecule has 0 aliphatic heterocycles. The van der Waals surface area contributed by atoms with Crippen LogP contribution in [-0.4, -0.2) is 26.8 Å². The molecule has 0 heterocycles. The molecular weight excluding hydrogens is 304 g/mol. The number of aldehydes is 2. The van der Waals surface area contributed by atoms with E-state index in [2.05, 4.69) is 0 Å². The van der Waals surface area contributed by atoms with Gasteiger partial charge in [-0.1, -0.05) is 42.5 Å². The van der Waals surface area contributed by atoms with Gasteiger partial charge in [-0.25, -0.2) is 0 Å². The molecule has 0 saturated heterocycles. The van der Waals surface area contributed by atoms with E-state index in [0.717, 1.165) is 23.3 Å². The van der Waals surface area contributed by atoms with E-state index in [1.165, 1.54) is 0 Å². The molecule has 0 N–H and O–H groups in total. The minimum atomic E-state index is 0.588. The normalized spacial score (nSPS) is 9.58. The maximum Gasteiger partial charge on any atom is 0.154 e. The Kier molecular flexibility index (Phi) is 6.08. The third-order valence-electron chi connectivity index (χ3n) is 3.53. The van der Waals surface area contributed by atoms with Gasteiger partial charge in [0.05, 0.1) is 25.3 Å². The van der Waals surface area contributed by atoms with Crippen LogP contribution in [0.5, 0.6) is 11.5 Å². The number of hydrogen-bond donors (Lipinski definition) is 0. The summed E-state index contributed by atoms with van der Waals surface area (Å²) in [7, 11) is 3.11. The average Bonchev–Trinajstić information content (AvgIpc) is 2.67. The summed E-state index contributed by atoms with van der Waals surface area (Å²) in [5.74, 6) is 1.25. The number of fused-ring (bicyclic) bond motifs is 1. The van der Waals surface area contributed by atoms with E-state index in [1.807, 2.05) is 42.5 Å². The number of ether oxygens (including phenoxy) is 2. The first-order chi connectivity index (χ1) is 11.7. The molecule has 3 aromatic rings. The maximum absolute atomic E-state index is 10.9. The Morgan fingerprint density at radius 2 is 1.38 bits per heavy atom. The molecule has 0 aliphatic carbocycles. The van der Waals surface area contributed by atoms with Crippen molar-refractivity contribution in [3.63, 3.8) is 0 Å². The fourth-order valence-corrected chi connectivity index (χ4v) is 2.34. The highest BCUT2D eigenvalue weighted by Crippen LogP contribution is 2.25. The largest absolute Gasteiger partial charge is 0.496 e. The molecule has 24 heavy (non-hydrogen) atoms. The molecule has 0 unspecified atom stereocenters. The fourth-order valence-electron chi connectivity index (χ4n) is 2.34. The number of methoxy groups -OCH3 is 2. The number of carbonyl (C=O) groups is 2. The van der Waals surface area contributed by atoms with Gasteiger partial charge in [0.1, 0.15) is 11.5 Å². The van der Waals surface area contributed by atoms with Gasteiger partial charge < -0.3 is 9.47 Å². The molecule has 0 aliphatic rings. The second kappa shape index (κ2) is 8.48. The summed E-state index contributed by atoms with van der Waals surface area (Å²) in [5, 5.41) is 1.98. The van der Waals surface area contributed by atoms with Gasteiger partial charge in [0.2, 0.25) is 0 Å². The van der Waals surface area contributed by atoms with Crippen LogP contribution in [0.25, 0.3) is 10.8 Å². The third-order valence-corrected chi connectivity index (χ3v) is 3.53. The topological polar surface area (TPSA) is 52.6 Å². The highest BCUT2D eigenvalue weighted by atomic mass is 16.5. The van der Waals surface area contributed by atoms with Crippen molar-refractivity contribution < 1.29 is 19.1 Å². The first-order valence-corrected chi connectivity index (χ1v) is 7.34. The lowest BCUT2D eigenvalue weighted by atomic mass is 10.0. The number of hydrogen-bond acceptors (Lipinski definition) is 4. The lowest BCUT2D eigenvalue weighted by Crippen LogP contribution is -1.91. The van der Waals surface area contributed by atoms with Gasteiger partial charge in [-0.3, -0.25) is 9.59 Å². The molecular formula is C20H18O4. The molecule has 4 nitrogen and oxygen atoms in total. The molecule has 0 bridgehead atoms. The monoisotopic (exact) mass is 322 g/mol. The average molecular weight is 322 g/mol. The van der Waals surface area contributed by atoms with Crippen molar-refractivity contribution in [3.8, 4) is 11.5 Å². The summed E-state index contributed by atoms with van der Waals surface area (Å²) in [5.41, 5.74) is 1.20. The summed E-state index contributed by atoms with van der Waals surface area (Å²) < 4.78 is 10.0. The summed E-state index contributed by atoms with van der Waals surface area (Å²) in [6.45, 7) is 0. The van der Waals surface area contributed by atoms with E-state index >= 15 is 0 Å². The molecule has 3 rings (SSSR count). The van der Waals surface area contributed by atoms with E-state index in [0.29, 0.717) is 22.6 Å². The lowest BCUT2D eigenvalue weighted by molar-refractivity contribution is 0.111. The van der Waals surface area contributed by atoms with Crippen LogP contribution in [0.2, 0.25) is 0 Å². The zero-order valence-corrected chi connectivity index (χ0v) is 13.6. The highest BCUT2D eigenvalue weighted by molar-refractivity contribution is 6.00. The van der Waals surface area contributed by atoms with Gasteiger partial charge in [-0.15, -0.1) is 0 Å². The third kappa shape index (κ3) is 3.79. The molecule has 0 aromatic heterocycles. The smallest absolute Gasteiger partial charge is 0.154 e. The van der Waals surface area contributed by atoms with E-state index in [-0.39, 0.29) is 0 Å². The minimum absolute atomic E-state index is 0.588. The Labute approximate surface area is 140 Å². The zero-order chi connectivity index (χ0) is 17.4. The maximum atomic E-state index is 10.9. The van der Waals surface area contributed by atoms with Crippen LogP contribution in [0.1, 0.15) is 20.7 Å². The minimum Gasteiger partial charge on any atom is -0.496 e. The van der Waals surface area contributed by atoms with Crippen molar-refractivity contribution in [1.82, 2.24) is 0 Å². The Bertz CT molecular complexity index is 840. The second-order valence-corrected chi connectivity index (χ2v) is 4.88. The Balaban J connectivity index is 0.000000185. The number of para-hydroxylation sites is 1. The lowest BCUT2D eigenvalue weighted by Gasteiger charge is -2.06. The van der Waals surface area contributed by atoms with Crippen molar-refractivity contribution in [3.05, 3.63) is 71.8 Å². The van der Waals surface area contributed by atoms with Gasteiger partial charge in [-0.05, 0) is 29.0 Å². The van der Waals surface area contributed by atoms with E-state index in [4.69, 9.17) is 9.47 Å². The summed E-state index contributed by atoms with van der Waals surface area (Å²) in [4.78, 5) is 21.2. The summed E-state index contributed by atoms with van der Waals surface area (Å²) >= 11 is 0. The van der Waals surface area contributed by atoms with Crippen molar-refractivity contribution in [2.24, 2.45) is 0 Å². The zero-order valence-electron chi connectivity index (χ0n) is 13.6. The van der Waals surface area contributed by atoms with Crippen LogP contribution in [0.4, 0.5) is 0 Å². The molecule has 0 amide bonds. The molecule has 3 aromatic carbocycles. The quantitative estimate of drug-likeness (QED) is 0.677. The van der Waals surface area contributed by atoms with Crippen LogP contribution in [0, 0.1) is 0 Å². The molecule has 0 spiro atoms. The van der Waals surface area contributed by atoms with Crippen LogP contribution in [0.3, 0.4) is 0 Å². The van der Waals surface area contributed by atoms with Crippen LogP contribution in [0.15, 0.2) is 60.7 Å². The van der Waals surface area contributed by atoms with E-state index in [9.17, 15) is 9.59 Å². The Morgan fingerprint density at radius 1 is 0.708 bits per heavy atom. The van der Waals surface area contributed by atoms with Gasteiger partial charge in [0.15, 0.2) is 12.6 Å². The Hall–Kier alpha value is -3.14. The molecule has 4 heteroatoms. The highest BCUT2D eigenvalue weighted by Gasteiger charge is 2.05. The van der Waals surface area contributed by atoms with Crippen LogP contribution >= 0.6 is 0 Å². The molecule has 0 radical (unpaired) electrons. The predicted octanol–water partition coefficient (Wildman–Crippen LogP) is 4.17. The molecule has 0 saturated carbocycles. The van der Waals surface area contributed by atoms with Crippen molar-refractivity contribution in [2.75, 3.05) is 14.2 Å². The first-order valence-electron chi connectivity index (χ1n) is 7.34. The Morgan fingerprint density at radius 3 is 2.00 bits per heavy atom. The van der Waals surface area contributed by atoms with Crippen molar-refractivity contribution in [2.45, 2.75) is 0 Å². The van der Waals surface area contributed by atoms with E-state index < -0.39 is 0 Å². The molecule has 0 atom stereocenters. The molecule has 0 fully saturated rings. The SMILES string of the molecule is COc1ccc2ccccc2c1C=O.COc1ccccc1C=O. The first kappa shape index (κ1) is 17.2. The van der Waals surface area contributed by atoms with Gasteiger partial charge >= 0.3 is 0 Å².